The lowest BCUT2D eigenvalue weighted by Gasteiger charge is -2.35. The standard InChI is InChI=1S/C9H14F2O/c1-7-4-5-8(2,6-12-7)9(3,10)11/h4-5,7H,6H2,1-3H3. The third-order valence-electron chi connectivity index (χ3n) is 2.38. The van der Waals surface area contributed by atoms with Crippen LogP contribution in [0.4, 0.5) is 8.78 Å². The van der Waals surface area contributed by atoms with E-state index < -0.39 is 11.3 Å². The zero-order valence-electron chi connectivity index (χ0n) is 7.60. The van der Waals surface area contributed by atoms with Gasteiger partial charge in [0.25, 0.3) is 5.92 Å². The van der Waals surface area contributed by atoms with Crippen LogP contribution in [0.1, 0.15) is 20.8 Å². The summed E-state index contributed by atoms with van der Waals surface area (Å²) < 4.78 is 31.1. The van der Waals surface area contributed by atoms with E-state index in [0.29, 0.717) is 0 Å². The molecule has 0 aromatic rings. The number of rotatable bonds is 1. The Kier molecular flexibility index (Phi) is 2.25. The molecule has 0 N–H and O–H groups in total. The molecule has 0 bridgehead atoms. The molecule has 3 heteroatoms. The molecule has 0 saturated carbocycles. The van der Waals surface area contributed by atoms with Crippen LogP contribution in [0.25, 0.3) is 0 Å². The molecule has 0 fully saturated rings. The lowest BCUT2D eigenvalue weighted by Crippen LogP contribution is -2.41. The van der Waals surface area contributed by atoms with Crippen molar-refractivity contribution in [3.63, 3.8) is 0 Å². The molecule has 1 rings (SSSR count). The summed E-state index contributed by atoms with van der Waals surface area (Å²) in [5, 5.41) is 0. The van der Waals surface area contributed by atoms with E-state index in [4.69, 9.17) is 4.74 Å². The SMILES string of the molecule is CC1C=CC(C)(C(C)(F)F)CO1. The van der Waals surface area contributed by atoms with Gasteiger partial charge in [0.15, 0.2) is 0 Å². The predicted molar refractivity (Wildman–Crippen MR) is 43.3 cm³/mol. The lowest BCUT2D eigenvalue weighted by atomic mass is 9.83. The molecule has 0 spiro atoms. The third-order valence-corrected chi connectivity index (χ3v) is 2.38. The average molecular weight is 176 g/mol. The highest BCUT2D eigenvalue weighted by atomic mass is 19.3. The second kappa shape index (κ2) is 2.80. The first kappa shape index (κ1) is 9.65. The van der Waals surface area contributed by atoms with Crippen LogP contribution in [0.15, 0.2) is 12.2 Å². The summed E-state index contributed by atoms with van der Waals surface area (Å²) in [7, 11) is 0. The monoisotopic (exact) mass is 176 g/mol. The number of ether oxygens (including phenoxy) is 1. The molecule has 1 aliphatic heterocycles. The van der Waals surface area contributed by atoms with E-state index in [9.17, 15) is 8.78 Å². The molecule has 0 aromatic heterocycles. The Hall–Kier alpha value is -0.440. The van der Waals surface area contributed by atoms with Crippen LogP contribution in [0.5, 0.6) is 0 Å². The van der Waals surface area contributed by atoms with E-state index >= 15 is 0 Å². The first-order valence-electron chi connectivity index (χ1n) is 4.04. The Morgan fingerprint density at radius 1 is 1.58 bits per heavy atom. The molecule has 12 heavy (non-hydrogen) atoms. The zero-order chi connectivity index (χ0) is 9.41. The van der Waals surface area contributed by atoms with Gasteiger partial charge in [0.2, 0.25) is 0 Å². The highest BCUT2D eigenvalue weighted by molar-refractivity contribution is 5.08. The second-order valence-corrected chi connectivity index (χ2v) is 3.68. The molecule has 0 aromatic carbocycles. The third kappa shape index (κ3) is 1.66. The van der Waals surface area contributed by atoms with E-state index in [1.54, 1.807) is 12.2 Å². The minimum absolute atomic E-state index is 0.0413. The van der Waals surface area contributed by atoms with Crippen molar-refractivity contribution in [1.29, 1.82) is 0 Å². The van der Waals surface area contributed by atoms with Crippen molar-refractivity contribution in [1.82, 2.24) is 0 Å². The number of halogens is 2. The van der Waals surface area contributed by atoms with E-state index in [2.05, 4.69) is 0 Å². The van der Waals surface area contributed by atoms with Crippen LogP contribution >= 0.6 is 0 Å². The van der Waals surface area contributed by atoms with Crippen molar-refractivity contribution in [2.45, 2.75) is 32.8 Å². The summed E-state index contributed by atoms with van der Waals surface area (Å²) in [6, 6.07) is 0. The van der Waals surface area contributed by atoms with Gasteiger partial charge < -0.3 is 4.74 Å². The zero-order valence-corrected chi connectivity index (χ0v) is 7.60. The second-order valence-electron chi connectivity index (χ2n) is 3.68. The Bertz CT molecular complexity index is 195. The number of hydrogen-bond acceptors (Lipinski definition) is 1. The maximum Gasteiger partial charge on any atom is 0.256 e. The predicted octanol–water partition coefficient (Wildman–Crippen LogP) is 2.62. The van der Waals surface area contributed by atoms with Gasteiger partial charge in [0, 0.05) is 6.92 Å². The van der Waals surface area contributed by atoms with Crippen molar-refractivity contribution in [3.05, 3.63) is 12.2 Å². The van der Waals surface area contributed by atoms with Gasteiger partial charge in [-0.2, -0.15) is 0 Å². The highest BCUT2D eigenvalue weighted by Crippen LogP contribution is 2.39. The van der Waals surface area contributed by atoms with Crippen LogP contribution in [-0.4, -0.2) is 18.6 Å². The quantitative estimate of drug-likeness (QED) is 0.558. The fourth-order valence-electron chi connectivity index (χ4n) is 1.03. The van der Waals surface area contributed by atoms with Crippen molar-refractivity contribution < 1.29 is 13.5 Å². The van der Waals surface area contributed by atoms with Crippen LogP contribution in [0, 0.1) is 5.41 Å². The Balaban J connectivity index is 2.81. The van der Waals surface area contributed by atoms with E-state index in [-0.39, 0.29) is 12.7 Å². The molecule has 2 unspecified atom stereocenters. The highest BCUT2D eigenvalue weighted by Gasteiger charge is 2.45. The molecule has 1 nitrogen and oxygen atoms in total. The maximum absolute atomic E-state index is 13.0. The molecule has 2 atom stereocenters. The van der Waals surface area contributed by atoms with Crippen LogP contribution in [0.2, 0.25) is 0 Å². The number of alkyl halides is 2. The topological polar surface area (TPSA) is 9.23 Å². The fraction of sp³-hybridized carbons (Fsp3) is 0.778. The average Bonchev–Trinajstić information content (AvgIpc) is 1.93. The first-order valence-corrected chi connectivity index (χ1v) is 4.04. The molecule has 1 aliphatic rings. The molecular formula is C9H14F2O. The molecule has 0 radical (unpaired) electrons. The summed E-state index contributed by atoms with van der Waals surface area (Å²) in [4.78, 5) is 0. The van der Waals surface area contributed by atoms with Crippen molar-refractivity contribution in [2.24, 2.45) is 5.41 Å². The van der Waals surface area contributed by atoms with Gasteiger partial charge in [-0.05, 0) is 13.8 Å². The van der Waals surface area contributed by atoms with Gasteiger partial charge in [-0.1, -0.05) is 12.2 Å². The minimum Gasteiger partial charge on any atom is -0.373 e. The summed E-state index contributed by atoms with van der Waals surface area (Å²) in [5.74, 6) is -2.72. The fourth-order valence-corrected chi connectivity index (χ4v) is 1.03. The van der Waals surface area contributed by atoms with Gasteiger partial charge in [-0.15, -0.1) is 0 Å². The minimum atomic E-state index is -2.72. The summed E-state index contributed by atoms with van der Waals surface area (Å²) in [6.07, 6.45) is 3.20. The molecular weight excluding hydrogens is 162 g/mol. The lowest BCUT2D eigenvalue weighted by molar-refractivity contribution is -0.119. The van der Waals surface area contributed by atoms with Gasteiger partial charge in [-0.25, -0.2) is 8.78 Å². The van der Waals surface area contributed by atoms with E-state index in [1.165, 1.54) is 6.92 Å². The number of hydrogen-bond donors (Lipinski definition) is 0. The van der Waals surface area contributed by atoms with Gasteiger partial charge in [0.1, 0.15) is 0 Å². The van der Waals surface area contributed by atoms with E-state index in [1.807, 2.05) is 6.92 Å². The van der Waals surface area contributed by atoms with Crippen LogP contribution < -0.4 is 0 Å². The van der Waals surface area contributed by atoms with Gasteiger partial charge in [0.05, 0.1) is 18.1 Å². The van der Waals surface area contributed by atoms with Gasteiger partial charge >= 0.3 is 0 Å². The van der Waals surface area contributed by atoms with Crippen LogP contribution in [0.3, 0.4) is 0 Å². The van der Waals surface area contributed by atoms with Crippen molar-refractivity contribution >= 4 is 0 Å². The smallest absolute Gasteiger partial charge is 0.256 e. The summed E-state index contributed by atoms with van der Waals surface area (Å²) >= 11 is 0. The molecule has 0 aliphatic carbocycles. The van der Waals surface area contributed by atoms with Gasteiger partial charge in [-0.3, -0.25) is 0 Å². The normalized spacial score (nSPS) is 36.9. The molecule has 0 amide bonds. The largest absolute Gasteiger partial charge is 0.373 e. The summed E-state index contributed by atoms with van der Waals surface area (Å²) in [5.41, 5.74) is -1.14. The maximum atomic E-state index is 13.0. The Morgan fingerprint density at radius 2 is 2.17 bits per heavy atom. The van der Waals surface area contributed by atoms with Crippen LogP contribution in [-0.2, 0) is 4.74 Å². The molecule has 0 saturated heterocycles. The Labute approximate surface area is 71.4 Å². The molecule has 70 valence electrons. The first-order chi connectivity index (χ1) is 5.35. The molecule has 1 heterocycles. The van der Waals surface area contributed by atoms with Crippen molar-refractivity contribution in [2.75, 3.05) is 6.61 Å². The summed E-state index contributed by atoms with van der Waals surface area (Å²) in [6.45, 7) is 4.37. The van der Waals surface area contributed by atoms with E-state index in [0.717, 1.165) is 6.92 Å². The van der Waals surface area contributed by atoms with Crippen molar-refractivity contribution in [3.8, 4) is 0 Å². The Morgan fingerprint density at radius 3 is 2.50 bits per heavy atom.